The number of para-hydroxylation sites is 1. The van der Waals surface area contributed by atoms with Gasteiger partial charge >= 0.3 is 0 Å². The number of aromatic nitrogens is 2. The second kappa shape index (κ2) is 8.46. The van der Waals surface area contributed by atoms with Crippen molar-refractivity contribution in [2.75, 3.05) is 48.7 Å². The summed E-state index contributed by atoms with van der Waals surface area (Å²) in [7, 11) is 2.11. The van der Waals surface area contributed by atoms with E-state index in [9.17, 15) is 4.79 Å². The Bertz CT molecular complexity index is 1150. The highest BCUT2D eigenvalue weighted by molar-refractivity contribution is 6.40. The van der Waals surface area contributed by atoms with Crippen LogP contribution in [0.25, 0.3) is 0 Å². The van der Waals surface area contributed by atoms with Gasteiger partial charge in [0, 0.05) is 30.7 Å². The summed E-state index contributed by atoms with van der Waals surface area (Å²) in [5.41, 5.74) is 2.65. The number of carbonyl (C=O) groups excluding carboxylic acids is 1. The van der Waals surface area contributed by atoms with E-state index in [2.05, 4.69) is 44.3 Å². The summed E-state index contributed by atoms with van der Waals surface area (Å²) < 4.78 is 5.73. The lowest BCUT2D eigenvalue weighted by Gasteiger charge is -2.29. The maximum Gasteiger partial charge on any atom is 0.268 e. The van der Waals surface area contributed by atoms with Gasteiger partial charge in [-0.2, -0.15) is 4.98 Å². The van der Waals surface area contributed by atoms with Crippen molar-refractivity contribution in [1.82, 2.24) is 14.9 Å². The van der Waals surface area contributed by atoms with Gasteiger partial charge in [-0.25, -0.2) is 4.98 Å². The van der Waals surface area contributed by atoms with Gasteiger partial charge in [0.25, 0.3) is 5.91 Å². The predicted molar refractivity (Wildman–Crippen MR) is 125 cm³/mol. The maximum absolute atomic E-state index is 13.0. The van der Waals surface area contributed by atoms with Crippen LogP contribution in [0.5, 0.6) is 5.88 Å². The molecule has 2 aromatic carbocycles. The van der Waals surface area contributed by atoms with Gasteiger partial charge in [-0.3, -0.25) is 14.6 Å². The van der Waals surface area contributed by atoms with Gasteiger partial charge in [-0.1, -0.05) is 29.3 Å². The highest BCUT2D eigenvalue weighted by atomic mass is 35.5. The molecule has 0 aliphatic carbocycles. The van der Waals surface area contributed by atoms with Crippen LogP contribution < -0.4 is 19.9 Å². The van der Waals surface area contributed by atoms with E-state index in [1.54, 1.807) is 18.2 Å². The number of anilines is 4. The summed E-state index contributed by atoms with van der Waals surface area (Å²) in [5.74, 6) is 0.228. The summed E-state index contributed by atoms with van der Waals surface area (Å²) in [6.45, 7) is 2.94. The van der Waals surface area contributed by atoms with Crippen LogP contribution in [-0.4, -0.2) is 54.3 Å². The number of rotatable bonds is 4. The number of amides is 1. The van der Waals surface area contributed by atoms with Crippen LogP contribution in [-0.2, 0) is 0 Å². The molecule has 1 saturated heterocycles. The Morgan fingerprint density at radius 3 is 2.50 bits per heavy atom. The second-order valence-electron chi connectivity index (χ2n) is 7.65. The number of hydrogen-bond donors (Lipinski definition) is 1. The number of likely N-dealkylation sites (N-methyl/N-ethyl adjacent to an activating group) is 1. The molecule has 0 spiro atoms. The molecule has 1 aromatic heterocycles. The lowest BCUT2D eigenvalue weighted by molar-refractivity contribution is 0.0932. The number of carbonyl (C=O) groups is 1. The molecule has 32 heavy (non-hydrogen) atoms. The molecule has 1 amide bonds. The number of nitrogens with one attached hydrogen (secondary N) is 1. The van der Waals surface area contributed by atoms with Crippen LogP contribution in [0.4, 0.5) is 23.0 Å². The fourth-order valence-electron chi connectivity index (χ4n) is 3.75. The van der Waals surface area contributed by atoms with E-state index in [0.29, 0.717) is 21.7 Å². The molecule has 0 radical (unpaired) electrons. The fraction of sp³-hybridized carbons (Fsp3) is 0.227. The second-order valence-corrected chi connectivity index (χ2v) is 8.46. The molecule has 3 heterocycles. The monoisotopic (exact) mass is 470 g/mol. The van der Waals surface area contributed by atoms with Gasteiger partial charge in [0.2, 0.25) is 11.8 Å². The Hall–Kier alpha value is -3.07. The number of halogens is 2. The Balaban J connectivity index is 1.32. The first-order valence-corrected chi connectivity index (χ1v) is 10.8. The van der Waals surface area contributed by atoms with Crippen LogP contribution in [0.2, 0.25) is 10.0 Å². The molecular weight excluding hydrogens is 451 g/mol. The highest BCUT2D eigenvalue weighted by Gasteiger charge is 2.31. The zero-order valence-corrected chi connectivity index (χ0v) is 18.8. The van der Waals surface area contributed by atoms with E-state index in [1.807, 2.05) is 12.1 Å². The zero-order chi connectivity index (χ0) is 22.2. The van der Waals surface area contributed by atoms with E-state index in [0.717, 1.165) is 25.4 Å². The molecule has 8 nitrogen and oxygen atoms in total. The molecule has 3 aromatic rings. The molecule has 2 aliphatic rings. The highest BCUT2D eigenvalue weighted by Crippen LogP contribution is 2.37. The van der Waals surface area contributed by atoms with Crippen molar-refractivity contribution in [2.45, 2.75) is 0 Å². The van der Waals surface area contributed by atoms with E-state index >= 15 is 0 Å². The Labute approximate surface area is 195 Å². The van der Waals surface area contributed by atoms with Gasteiger partial charge in [0.05, 0.1) is 22.4 Å². The minimum atomic E-state index is -0.326. The minimum Gasteiger partial charge on any atom is -0.455 e. The number of benzene rings is 2. The quantitative estimate of drug-likeness (QED) is 0.611. The molecule has 0 saturated carbocycles. The molecule has 1 N–H and O–H groups in total. The largest absolute Gasteiger partial charge is 0.455 e. The molecule has 5 rings (SSSR count). The third-order valence-corrected chi connectivity index (χ3v) is 6.03. The smallest absolute Gasteiger partial charge is 0.268 e. The SMILES string of the molecule is CN1CCN(c2ccc(Nc3ncc4c(n3)OCN(c3c(Cl)cccc3Cl)C4=O)cc2)C1. The van der Waals surface area contributed by atoms with Gasteiger partial charge in [-0.05, 0) is 43.4 Å². The molecule has 164 valence electrons. The maximum atomic E-state index is 13.0. The molecule has 1 fully saturated rings. The van der Waals surface area contributed by atoms with Crippen molar-refractivity contribution in [3.05, 3.63) is 64.3 Å². The first-order chi connectivity index (χ1) is 15.5. The first kappa shape index (κ1) is 20.8. The van der Waals surface area contributed by atoms with E-state index in [4.69, 9.17) is 27.9 Å². The van der Waals surface area contributed by atoms with Gasteiger partial charge in [0.1, 0.15) is 5.56 Å². The topological polar surface area (TPSA) is 73.8 Å². The molecule has 0 atom stereocenters. The summed E-state index contributed by atoms with van der Waals surface area (Å²) in [6.07, 6.45) is 1.44. The standard InChI is InChI=1S/C22H20Cl2N6O2/c1-28-9-10-29(12-28)15-7-5-14(6-8-15)26-22-25-11-16-20(27-22)32-13-30(21(16)31)19-17(23)3-2-4-18(19)24/h2-8,11H,9-10,12-13H2,1H3,(H,25,26,27). The van der Waals surface area contributed by atoms with E-state index < -0.39 is 0 Å². The Morgan fingerprint density at radius 1 is 1.06 bits per heavy atom. The Morgan fingerprint density at radius 2 is 1.81 bits per heavy atom. The number of nitrogens with zero attached hydrogens (tertiary/aromatic N) is 5. The van der Waals surface area contributed by atoms with Gasteiger partial charge in [-0.15, -0.1) is 0 Å². The molecule has 10 heteroatoms. The fourth-order valence-corrected chi connectivity index (χ4v) is 4.35. The van der Waals surface area contributed by atoms with E-state index in [-0.39, 0.29) is 24.1 Å². The lowest BCUT2D eigenvalue weighted by Crippen LogP contribution is -2.39. The number of ether oxygens (including phenoxy) is 1. The third kappa shape index (κ3) is 3.92. The molecular formula is C22H20Cl2N6O2. The summed E-state index contributed by atoms with van der Waals surface area (Å²) in [4.78, 5) is 27.6. The van der Waals surface area contributed by atoms with Gasteiger partial charge in [0.15, 0.2) is 6.73 Å². The predicted octanol–water partition coefficient (Wildman–Crippen LogP) is 4.23. The summed E-state index contributed by atoms with van der Waals surface area (Å²) in [6, 6.07) is 13.1. The average molecular weight is 471 g/mol. The van der Waals surface area contributed by atoms with Crippen molar-refractivity contribution in [1.29, 1.82) is 0 Å². The zero-order valence-electron chi connectivity index (χ0n) is 17.3. The molecule has 2 aliphatic heterocycles. The van der Waals surface area contributed by atoms with Gasteiger partial charge < -0.3 is 15.0 Å². The van der Waals surface area contributed by atoms with Crippen molar-refractivity contribution >= 4 is 52.1 Å². The number of fused-ring (bicyclic) bond motifs is 1. The molecule has 0 unspecified atom stereocenters. The van der Waals surface area contributed by atoms with Crippen LogP contribution >= 0.6 is 23.2 Å². The summed E-state index contributed by atoms with van der Waals surface area (Å²) in [5, 5.41) is 3.88. The lowest BCUT2D eigenvalue weighted by atomic mass is 10.2. The third-order valence-electron chi connectivity index (χ3n) is 5.42. The summed E-state index contributed by atoms with van der Waals surface area (Å²) >= 11 is 12.5. The normalized spacial score (nSPS) is 16.2. The first-order valence-electron chi connectivity index (χ1n) is 10.1. The Kier molecular flexibility index (Phi) is 5.50. The van der Waals surface area contributed by atoms with Crippen molar-refractivity contribution in [3.63, 3.8) is 0 Å². The van der Waals surface area contributed by atoms with E-state index in [1.165, 1.54) is 16.8 Å². The van der Waals surface area contributed by atoms with Crippen molar-refractivity contribution in [3.8, 4) is 5.88 Å². The number of hydrogen-bond acceptors (Lipinski definition) is 7. The van der Waals surface area contributed by atoms with Crippen molar-refractivity contribution in [2.24, 2.45) is 0 Å². The van der Waals surface area contributed by atoms with Crippen LogP contribution in [0, 0.1) is 0 Å². The van der Waals surface area contributed by atoms with Crippen LogP contribution in [0.3, 0.4) is 0 Å². The average Bonchev–Trinajstić information content (AvgIpc) is 3.22. The van der Waals surface area contributed by atoms with Crippen molar-refractivity contribution < 1.29 is 9.53 Å². The molecule has 0 bridgehead atoms. The van der Waals surface area contributed by atoms with Crippen LogP contribution in [0.15, 0.2) is 48.7 Å². The minimum absolute atomic E-state index is 0.0509. The van der Waals surface area contributed by atoms with Crippen LogP contribution in [0.1, 0.15) is 10.4 Å².